The van der Waals surface area contributed by atoms with E-state index in [-0.39, 0.29) is 11.2 Å². The number of anilines is 1. The highest BCUT2D eigenvalue weighted by atomic mass is 35.5. The summed E-state index contributed by atoms with van der Waals surface area (Å²) in [4.78, 5) is 4.47. The summed E-state index contributed by atoms with van der Waals surface area (Å²) in [5, 5.41) is 10.7. The van der Waals surface area contributed by atoms with Crippen LogP contribution in [0.5, 0.6) is 0 Å². The molecular formula is C23H21Cl2N3. The van der Waals surface area contributed by atoms with E-state index in [0.717, 1.165) is 22.3 Å². The van der Waals surface area contributed by atoms with Gasteiger partial charge in [-0.3, -0.25) is 0 Å². The quantitative estimate of drug-likeness (QED) is 0.506. The fourth-order valence-corrected chi connectivity index (χ4v) is 3.75. The van der Waals surface area contributed by atoms with Gasteiger partial charge < -0.3 is 5.73 Å². The monoisotopic (exact) mass is 409 g/mol. The first-order valence-corrected chi connectivity index (χ1v) is 9.65. The van der Waals surface area contributed by atoms with E-state index in [1.807, 2.05) is 25.1 Å². The van der Waals surface area contributed by atoms with Crippen molar-refractivity contribution >= 4 is 29.0 Å². The van der Waals surface area contributed by atoms with Gasteiger partial charge in [0.2, 0.25) is 0 Å². The molecule has 0 spiro atoms. The average Bonchev–Trinajstić information content (AvgIpc) is 2.63. The topological polar surface area (TPSA) is 62.7 Å². The highest BCUT2D eigenvalue weighted by molar-refractivity contribution is 6.36. The molecule has 1 aromatic heterocycles. The number of hydrogen-bond donors (Lipinski definition) is 1. The van der Waals surface area contributed by atoms with Crippen molar-refractivity contribution in [2.75, 3.05) is 5.73 Å². The smallest absolute Gasteiger partial charge is 0.142 e. The molecule has 0 atom stereocenters. The summed E-state index contributed by atoms with van der Waals surface area (Å²) in [6, 6.07) is 15.7. The van der Waals surface area contributed by atoms with Crippen molar-refractivity contribution in [3.05, 3.63) is 69.2 Å². The number of nitrogens with two attached hydrogens (primary N) is 1. The Hall–Kier alpha value is -2.54. The van der Waals surface area contributed by atoms with Gasteiger partial charge in [0.25, 0.3) is 0 Å². The highest BCUT2D eigenvalue weighted by Gasteiger charge is 2.20. The molecule has 3 rings (SSSR count). The molecule has 2 aromatic carbocycles. The van der Waals surface area contributed by atoms with Crippen molar-refractivity contribution in [3.63, 3.8) is 0 Å². The van der Waals surface area contributed by atoms with Crippen molar-refractivity contribution in [1.82, 2.24) is 4.98 Å². The molecule has 0 radical (unpaired) electrons. The number of benzene rings is 2. The van der Waals surface area contributed by atoms with Gasteiger partial charge in [-0.25, -0.2) is 4.98 Å². The van der Waals surface area contributed by atoms with Crippen LogP contribution in [0.1, 0.15) is 37.5 Å². The van der Waals surface area contributed by atoms with Gasteiger partial charge in [0.05, 0.1) is 10.7 Å². The molecule has 0 unspecified atom stereocenters. The van der Waals surface area contributed by atoms with Gasteiger partial charge in [-0.2, -0.15) is 5.26 Å². The minimum Gasteiger partial charge on any atom is -0.383 e. The second-order valence-electron chi connectivity index (χ2n) is 7.78. The number of rotatable bonds is 2. The normalized spacial score (nSPS) is 11.3. The number of halogens is 2. The summed E-state index contributed by atoms with van der Waals surface area (Å²) >= 11 is 12.4. The van der Waals surface area contributed by atoms with E-state index < -0.39 is 0 Å². The SMILES string of the molecule is Cc1c(-c2ccc(Cl)cc2Cl)nc(N)c(C#N)c1-c1ccc(C(C)(C)C)cc1. The Morgan fingerprint density at radius 2 is 1.68 bits per heavy atom. The third-order valence-corrected chi connectivity index (χ3v) is 5.35. The minimum atomic E-state index is 0.0465. The second-order valence-corrected chi connectivity index (χ2v) is 8.63. The molecule has 0 saturated carbocycles. The zero-order chi connectivity index (χ0) is 20.6. The predicted octanol–water partition coefficient (Wildman–Crippen LogP) is 6.78. The molecular weight excluding hydrogens is 389 g/mol. The summed E-state index contributed by atoms with van der Waals surface area (Å²) in [6.45, 7) is 8.43. The fourth-order valence-electron chi connectivity index (χ4n) is 3.25. The molecule has 0 bridgehead atoms. The molecule has 28 heavy (non-hydrogen) atoms. The van der Waals surface area contributed by atoms with Crippen molar-refractivity contribution in [2.24, 2.45) is 0 Å². The first-order chi connectivity index (χ1) is 13.1. The Balaban J connectivity index is 2.26. The van der Waals surface area contributed by atoms with E-state index in [0.29, 0.717) is 21.3 Å². The number of pyridine rings is 1. The molecule has 3 nitrogen and oxygen atoms in total. The van der Waals surface area contributed by atoms with Crippen molar-refractivity contribution in [3.8, 4) is 28.5 Å². The number of nitrogens with zero attached hydrogens (tertiary/aromatic N) is 2. The maximum Gasteiger partial charge on any atom is 0.142 e. The van der Waals surface area contributed by atoms with E-state index in [1.165, 1.54) is 5.56 Å². The van der Waals surface area contributed by atoms with Gasteiger partial charge in [0.15, 0.2) is 0 Å². The lowest BCUT2D eigenvalue weighted by Crippen LogP contribution is -2.10. The van der Waals surface area contributed by atoms with Crippen LogP contribution < -0.4 is 5.73 Å². The summed E-state index contributed by atoms with van der Waals surface area (Å²) < 4.78 is 0. The van der Waals surface area contributed by atoms with Gasteiger partial charge in [-0.15, -0.1) is 0 Å². The van der Waals surface area contributed by atoms with Crippen molar-refractivity contribution in [2.45, 2.75) is 33.1 Å². The summed E-state index contributed by atoms with van der Waals surface area (Å²) in [5.41, 5.74) is 11.7. The molecule has 1 heterocycles. The molecule has 0 aliphatic rings. The van der Waals surface area contributed by atoms with E-state index in [4.69, 9.17) is 28.9 Å². The molecule has 0 saturated heterocycles. The number of aromatic nitrogens is 1. The van der Waals surface area contributed by atoms with E-state index in [2.05, 4.69) is 44.0 Å². The van der Waals surface area contributed by atoms with Crippen LogP contribution in [0.4, 0.5) is 5.82 Å². The van der Waals surface area contributed by atoms with Crippen LogP contribution in [0.2, 0.25) is 10.0 Å². The number of nitrogen functional groups attached to an aromatic ring is 1. The van der Waals surface area contributed by atoms with E-state index in [9.17, 15) is 5.26 Å². The first-order valence-electron chi connectivity index (χ1n) is 8.90. The van der Waals surface area contributed by atoms with Gasteiger partial charge in [0.1, 0.15) is 17.5 Å². The highest BCUT2D eigenvalue weighted by Crippen LogP contribution is 2.39. The Bertz CT molecular complexity index is 1090. The largest absolute Gasteiger partial charge is 0.383 e. The second kappa shape index (κ2) is 7.47. The molecule has 0 aliphatic carbocycles. The van der Waals surface area contributed by atoms with Crippen molar-refractivity contribution < 1.29 is 0 Å². The molecule has 0 amide bonds. The van der Waals surface area contributed by atoms with Gasteiger partial charge in [-0.05, 0) is 47.2 Å². The minimum absolute atomic E-state index is 0.0465. The van der Waals surface area contributed by atoms with Crippen LogP contribution in [-0.4, -0.2) is 4.98 Å². The van der Waals surface area contributed by atoms with Crippen LogP contribution in [0.15, 0.2) is 42.5 Å². The molecule has 2 N–H and O–H groups in total. The summed E-state index contributed by atoms with van der Waals surface area (Å²) in [7, 11) is 0. The molecule has 0 fully saturated rings. The van der Waals surface area contributed by atoms with Gasteiger partial charge in [-0.1, -0.05) is 68.2 Å². The van der Waals surface area contributed by atoms with Gasteiger partial charge >= 0.3 is 0 Å². The first kappa shape index (κ1) is 20.2. The Morgan fingerprint density at radius 1 is 1.04 bits per heavy atom. The lowest BCUT2D eigenvalue weighted by molar-refractivity contribution is 0.590. The van der Waals surface area contributed by atoms with Crippen molar-refractivity contribution in [1.29, 1.82) is 5.26 Å². The Kier molecular flexibility index (Phi) is 5.39. The lowest BCUT2D eigenvalue weighted by atomic mass is 9.85. The van der Waals surface area contributed by atoms with E-state index >= 15 is 0 Å². The molecule has 5 heteroatoms. The fraction of sp³-hybridized carbons (Fsp3) is 0.217. The average molecular weight is 410 g/mol. The number of nitriles is 1. The summed E-state index contributed by atoms with van der Waals surface area (Å²) in [6.07, 6.45) is 0. The van der Waals surface area contributed by atoms with Crippen LogP contribution in [-0.2, 0) is 5.41 Å². The van der Waals surface area contributed by atoms with Crippen LogP contribution >= 0.6 is 23.2 Å². The zero-order valence-electron chi connectivity index (χ0n) is 16.3. The Morgan fingerprint density at radius 3 is 2.21 bits per heavy atom. The summed E-state index contributed by atoms with van der Waals surface area (Å²) in [5.74, 6) is 0.184. The molecule has 0 aliphatic heterocycles. The molecule has 142 valence electrons. The molecule has 3 aromatic rings. The maximum atomic E-state index is 9.71. The standard InChI is InChI=1S/C23H21Cl2N3/c1-13-20(14-5-7-15(8-6-14)23(2,3)4)18(12-26)22(27)28-21(13)17-10-9-16(24)11-19(17)25/h5-11H,1-4H3,(H2,27,28). The zero-order valence-corrected chi connectivity index (χ0v) is 17.8. The lowest BCUT2D eigenvalue weighted by Gasteiger charge is -2.20. The Labute approximate surface area is 175 Å². The van der Waals surface area contributed by atoms with E-state index in [1.54, 1.807) is 12.1 Å². The maximum absolute atomic E-state index is 9.71. The third kappa shape index (κ3) is 3.71. The predicted molar refractivity (Wildman–Crippen MR) is 118 cm³/mol. The van der Waals surface area contributed by atoms with Crippen LogP contribution in [0, 0.1) is 18.3 Å². The third-order valence-electron chi connectivity index (χ3n) is 4.81. The number of hydrogen-bond acceptors (Lipinski definition) is 3. The van der Waals surface area contributed by atoms with Crippen LogP contribution in [0.3, 0.4) is 0 Å². The van der Waals surface area contributed by atoms with Gasteiger partial charge in [0, 0.05) is 16.1 Å². The van der Waals surface area contributed by atoms with Crippen LogP contribution in [0.25, 0.3) is 22.4 Å².